The first kappa shape index (κ1) is 19.9. The average Bonchev–Trinajstić information content (AvgIpc) is 1.79. The molecule has 90 valence electrons. The molecule has 0 aliphatic heterocycles. The maximum atomic E-state index is 8.83. The molecule has 0 saturated carbocycles. The molecule has 0 aromatic heterocycles. The van der Waals surface area contributed by atoms with Crippen molar-refractivity contribution in [1.82, 2.24) is 0 Å². The average molecular weight is 344 g/mol. The fourth-order valence-electron chi connectivity index (χ4n) is 0. The Bertz CT molecular complexity index is 157. The van der Waals surface area contributed by atoms with E-state index in [2.05, 4.69) is 11.5 Å². The minimum Gasteiger partial charge on any atom is -0.353 e. The summed E-state index contributed by atoms with van der Waals surface area (Å²) in [4.78, 5) is 0. The minimum atomic E-state index is -5.38. The van der Waals surface area contributed by atoms with Gasteiger partial charge in [-0.05, 0) is 0 Å². The van der Waals surface area contributed by atoms with Crippen LogP contribution in [0.25, 0.3) is 0 Å². The summed E-state index contributed by atoms with van der Waals surface area (Å²) in [6, 6.07) is 0. The Kier molecular flexibility index (Phi) is 14.1. The standard InChI is InChI=1S/C2H8N2.2AsH3O4/c3-1-2-4;2*2-1(3,4)5/h1-4H2;2*(H3,2,3,4,5). The first-order chi connectivity index (χ1) is 5.91. The van der Waals surface area contributed by atoms with Gasteiger partial charge in [0.05, 0.1) is 0 Å². The van der Waals surface area contributed by atoms with Crippen LogP contribution in [0, 0.1) is 0 Å². The van der Waals surface area contributed by atoms with Crippen LogP contribution in [-0.4, -0.2) is 58.5 Å². The summed E-state index contributed by atoms with van der Waals surface area (Å²) >= 11 is -10.8. The van der Waals surface area contributed by atoms with E-state index in [0.717, 1.165) is 13.1 Å². The predicted octanol–water partition coefficient (Wildman–Crippen LogP) is -8.14. The zero-order valence-electron chi connectivity index (χ0n) is 7.14. The van der Waals surface area contributed by atoms with Crippen LogP contribution in [-0.2, 0) is 7.48 Å². The Hall–Kier alpha value is 0.397. The van der Waals surface area contributed by atoms with Crippen LogP contribution in [0.4, 0.5) is 0 Å². The van der Waals surface area contributed by atoms with Crippen LogP contribution in [0.3, 0.4) is 0 Å². The van der Waals surface area contributed by atoms with Gasteiger partial charge in [0.1, 0.15) is 13.1 Å². The monoisotopic (exact) mass is 344 g/mol. The van der Waals surface area contributed by atoms with Gasteiger partial charge in [0, 0.05) is 0 Å². The summed E-state index contributed by atoms with van der Waals surface area (Å²) in [5.41, 5.74) is 7.08. The third-order valence-electron chi connectivity index (χ3n) is 0.250. The van der Waals surface area contributed by atoms with Crippen molar-refractivity contribution in [3.8, 4) is 0 Å². The van der Waals surface area contributed by atoms with Crippen molar-refractivity contribution >= 4 is 29.0 Å². The van der Waals surface area contributed by atoms with Gasteiger partial charge in [-0.2, -0.15) is 0 Å². The van der Waals surface area contributed by atoms with Gasteiger partial charge in [-0.15, -0.1) is 0 Å². The maximum absolute atomic E-state index is 8.83. The fraction of sp³-hybridized carbons (Fsp3) is 1.00. The molecule has 0 aliphatic carbocycles. The SMILES string of the molecule is O=[As]([O-])(O)O.O=[As]([O-])(O)O.[NH3+]CC[NH3+]. The molecule has 0 bridgehead atoms. The summed E-state index contributed by atoms with van der Waals surface area (Å²) in [5.74, 6) is 0. The summed E-state index contributed by atoms with van der Waals surface area (Å²) in [6.07, 6.45) is 0. The van der Waals surface area contributed by atoms with E-state index in [0.29, 0.717) is 0 Å². The summed E-state index contributed by atoms with van der Waals surface area (Å²) in [6.45, 7) is 1.92. The van der Waals surface area contributed by atoms with E-state index in [-0.39, 0.29) is 0 Å². The van der Waals surface area contributed by atoms with Crippen LogP contribution < -0.4 is 19.7 Å². The van der Waals surface area contributed by atoms with E-state index in [1.807, 2.05) is 0 Å². The first-order valence-corrected chi connectivity index (χ1v) is 9.45. The molecule has 0 spiro atoms. The van der Waals surface area contributed by atoms with Crippen molar-refractivity contribution in [2.24, 2.45) is 0 Å². The molecular weight excluding hydrogens is 330 g/mol. The molecule has 10 N–H and O–H groups in total. The number of hydrogen-bond acceptors (Lipinski definition) is 4. The number of rotatable bonds is 1. The van der Waals surface area contributed by atoms with E-state index in [1.165, 1.54) is 0 Å². The molecule has 14 heavy (non-hydrogen) atoms. The van der Waals surface area contributed by atoms with Gasteiger partial charge in [0.2, 0.25) is 0 Å². The second-order valence-electron chi connectivity index (χ2n) is 1.69. The number of quaternary nitrogens is 2. The van der Waals surface area contributed by atoms with Gasteiger partial charge in [-0.3, -0.25) is 0 Å². The van der Waals surface area contributed by atoms with Gasteiger partial charge in [0.15, 0.2) is 0 Å². The molecule has 0 saturated heterocycles. The Morgan fingerprint density at radius 3 is 0.929 bits per heavy atom. The Morgan fingerprint density at radius 2 is 0.929 bits per heavy atom. The minimum absolute atomic E-state index is 0.958. The Balaban J connectivity index is -0.000000131. The van der Waals surface area contributed by atoms with Gasteiger partial charge in [0.25, 0.3) is 0 Å². The molecular formula is C2H14As2N2O8. The largest absolute Gasteiger partial charge is 0.353 e. The van der Waals surface area contributed by atoms with Crippen molar-refractivity contribution in [2.45, 2.75) is 0 Å². The first-order valence-electron chi connectivity index (χ1n) is 3.03. The van der Waals surface area contributed by atoms with Crippen LogP contribution >= 0.6 is 0 Å². The topological polar surface area (TPSA) is 216 Å². The van der Waals surface area contributed by atoms with E-state index in [9.17, 15) is 0 Å². The summed E-state index contributed by atoms with van der Waals surface area (Å²) in [7, 11) is 0. The van der Waals surface area contributed by atoms with E-state index in [1.54, 1.807) is 0 Å². The maximum Gasteiger partial charge on any atom is 0.124 e. The molecule has 12 heteroatoms. The molecule has 0 unspecified atom stereocenters. The smallest absolute Gasteiger partial charge is 0.124 e. The van der Waals surface area contributed by atoms with Crippen molar-refractivity contribution in [1.29, 1.82) is 0 Å². The quantitative estimate of drug-likeness (QED) is 0.250. The third kappa shape index (κ3) is 825. The Morgan fingerprint density at radius 1 is 0.857 bits per heavy atom. The molecule has 0 aromatic carbocycles. The second kappa shape index (κ2) is 9.93. The van der Waals surface area contributed by atoms with Crippen molar-refractivity contribution in [3.05, 3.63) is 0 Å². The Labute approximate surface area is 85.9 Å². The van der Waals surface area contributed by atoms with Gasteiger partial charge < -0.3 is 11.5 Å². The molecule has 0 amide bonds. The van der Waals surface area contributed by atoms with Crippen LogP contribution in [0.5, 0.6) is 0 Å². The normalized spacial score (nSPS) is 10.6. The predicted molar refractivity (Wildman–Crippen MR) is 37.3 cm³/mol. The van der Waals surface area contributed by atoms with Crippen LogP contribution in [0.1, 0.15) is 0 Å². The van der Waals surface area contributed by atoms with Crippen molar-refractivity contribution in [3.63, 3.8) is 0 Å². The molecule has 0 heterocycles. The third-order valence-corrected chi connectivity index (χ3v) is 0.250. The van der Waals surface area contributed by atoms with Crippen molar-refractivity contribution in [2.75, 3.05) is 13.1 Å². The molecule has 0 radical (unpaired) electrons. The van der Waals surface area contributed by atoms with E-state index in [4.69, 9.17) is 32.1 Å². The van der Waals surface area contributed by atoms with Gasteiger partial charge in [-0.1, -0.05) is 0 Å². The van der Waals surface area contributed by atoms with Gasteiger partial charge in [-0.25, -0.2) is 0 Å². The summed E-state index contributed by atoms with van der Waals surface area (Å²) < 4.78 is 63.9. The molecule has 0 aromatic rings. The number of hydrogen-bond donors (Lipinski definition) is 6. The van der Waals surface area contributed by atoms with E-state index >= 15 is 0 Å². The summed E-state index contributed by atoms with van der Waals surface area (Å²) in [5, 5.41) is 0. The van der Waals surface area contributed by atoms with Crippen molar-refractivity contribution < 1.29 is 43.5 Å². The fourth-order valence-corrected chi connectivity index (χ4v) is 0. The van der Waals surface area contributed by atoms with Gasteiger partial charge >= 0.3 is 61.1 Å². The zero-order chi connectivity index (χ0) is 12.4. The molecule has 0 aliphatic rings. The molecule has 10 nitrogen and oxygen atoms in total. The second-order valence-corrected chi connectivity index (χ2v) is 5.81. The zero-order valence-corrected chi connectivity index (χ0v) is 10.9. The molecule has 0 fully saturated rings. The molecule has 0 atom stereocenters. The molecule has 0 rings (SSSR count). The van der Waals surface area contributed by atoms with Crippen LogP contribution in [0.15, 0.2) is 0 Å². The van der Waals surface area contributed by atoms with E-state index < -0.39 is 29.0 Å². The van der Waals surface area contributed by atoms with Crippen LogP contribution in [0.2, 0.25) is 0 Å².